The first kappa shape index (κ1) is 24.6. The van der Waals surface area contributed by atoms with Crippen LogP contribution < -0.4 is 0 Å². The lowest BCUT2D eigenvalue weighted by molar-refractivity contribution is -0.294. The van der Waals surface area contributed by atoms with E-state index in [0.29, 0.717) is 0 Å². The molecular weight excluding hydrogens is 316 g/mol. The van der Waals surface area contributed by atoms with Crippen molar-refractivity contribution in [1.29, 1.82) is 0 Å². The van der Waals surface area contributed by atoms with E-state index in [2.05, 4.69) is 19.1 Å². The van der Waals surface area contributed by atoms with E-state index in [1.54, 1.807) is 21.3 Å². The second-order valence-corrected chi connectivity index (χ2v) is 6.68. The molecule has 0 N–H and O–H groups in total. The molecule has 0 heterocycles. The Bertz CT molecular complexity index is 271. The Kier molecular flexibility index (Phi) is 19.6. The summed E-state index contributed by atoms with van der Waals surface area (Å²) >= 11 is 0. The maximum absolute atomic E-state index is 5.21. The van der Waals surface area contributed by atoms with Gasteiger partial charge in [-0.2, -0.15) is 0 Å². The van der Waals surface area contributed by atoms with Gasteiger partial charge in [-0.1, -0.05) is 70.4 Å². The Morgan fingerprint density at radius 2 is 1.28 bits per heavy atom. The standard InChI is InChI=1S/C21H42O4/c1-5-17-20(25-24-4)18-15-13-11-9-7-6-8-10-12-14-16-19-21(22-2)23-3/h15,18,20-21H,5-14,16-17,19H2,1-4H3. The second-order valence-electron chi connectivity index (χ2n) is 6.68. The number of methoxy groups -OCH3 is 2. The van der Waals surface area contributed by atoms with Crippen molar-refractivity contribution in [3.8, 4) is 0 Å². The van der Waals surface area contributed by atoms with Gasteiger partial charge in [0.15, 0.2) is 6.29 Å². The van der Waals surface area contributed by atoms with Crippen LogP contribution in [-0.2, 0) is 19.2 Å². The van der Waals surface area contributed by atoms with Gasteiger partial charge in [0.2, 0.25) is 0 Å². The number of unbranched alkanes of at least 4 members (excludes halogenated alkanes) is 9. The van der Waals surface area contributed by atoms with E-state index in [1.165, 1.54) is 57.8 Å². The van der Waals surface area contributed by atoms with Gasteiger partial charge in [-0.3, -0.25) is 0 Å². The maximum atomic E-state index is 5.21. The smallest absolute Gasteiger partial charge is 0.156 e. The van der Waals surface area contributed by atoms with E-state index in [0.717, 1.165) is 25.7 Å². The normalized spacial score (nSPS) is 13.2. The van der Waals surface area contributed by atoms with Gasteiger partial charge >= 0.3 is 0 Å². The molecule has 1 atom stereocenters. The third-order valence-corrected chi connectivity index (χ3v) is 4.48. The summed E-state index contributed by atoms with van der Waals surface area (Å²) in [5, 5.41) is 0. The third-order valence-electron chi connectivity index (χ3n) is 4.48. The molecule has 0 aromatic heterocycles. The number of hydrogen-bond donors (Lipinski definition) is 0. The summed E-state index contributed by atoms with van der Waals surface area (Å²) < 4.78 is 10.4. The number of ether oxygens (including phenoxy) is 2. The summed E-state index contributed by atoms with van der Waals surface area (Å²) in [6, 6.07) is 0. The van der Waals surface area contributed by atoms with Crippen molar-refractivity contribution in [3.05, 3.63) is 12.2 Å². The second kappa shape index (κ2) is 19.9. The summed E-state index contributed by atoms with van der Waals surface area (Å²) in [6.07, 6.45) is 20.6. The van der Waals surface area contributed by atoms with E-state index < -0.39 is 0 Å². The lowest BCUT2D eigenvalue weighted by Crippen LogP contribution is -2.12. The summed E-state index contributed by atoms with van der Waals surface area (Å²) in [6.45, 7) is 2.16. The maximum Gasteiger partial charge on any atom is 0.156 e. The molecule has 150 valence electrons. The molecule has 0 spiro atoms. The zero-order chi connectivity index (χ0) is 18.6. The fourth-order valence-electron chi connectivity index (χ4n) is 2.98. The van der Waals surface area contributed by atoms with Gasteiger partial charge in [0.1, 0.15) is 6.10 Å². The highest BCUT2D eigenvalue weighted by Gasteiger charge is 2.04. The zero-order valence-electron chi connectivity index (χ0n) is 17.1. The first-order valence-corrected chi connectivity index (χ1v) is 10.2. The molecule has 0 fully saturated rings. The van der Waals surface area contributed by atoms with Crippen molar-refractivity contribution in [2.24, 2.45) is 0 Å². The van der Waals surface area contributed by atoms with Crippen LogP contribution in [0.25, 0.3) is 0 Å². The molecule has 4 heteroatoms. The molecule has 0 aliphatic heterocycles. The highest BCUT2D eigenvalue weighted by Crippen LogP contribution is 2.13. The molecule has 4 nitrogen and oxygen atoms in total. The first-order valence-electron chi connectivity index (χ1n) is 10.2. The van der Waals surface area contributed by atoms with Gasteiger partial charge in [0.25, 0.3) is 0 Å². The predicted molar refractivity (Wildman–Crippen MR) is 105 cm³/mol. The summed E-state index contributed by atoms with van der Waals surface area (Å²) in [5.41, 5.74) is 0. The first-order chi connectivity index (χ1) is 12.3. The lowest BCUT2D eigenvalue weighted by atomic mass is 10.1. The molecule has 0 bridgehead atoms. The zero-order valence-corrected chi connectivity index (χ0v) is 17.1. The lowest BCUT2D eigenvalue weighted by Gasteiger charge is -2.12. The Morgan fingerprint density at radius 1 is 0.720 bits per heavy atom. The van der Waals surface area contributed by atoms with Crippen LogP contribution in [0.2, 0.25) is 0 Å². The third kappa shape index (κ3) is 16.8. The molecule has 0 radical (unpaired) electrons. The number of hydrogen-bond acceptors (Lipinski definition) is 4. The van der Waals surface area contributed by atoms with Crippen molar-refractivity contribution in [2.75, 3.05) is 21.3 Å². The average molecular weight is 359 g/mol. The van der Waals surface area contributed by atoms with Crippen LogP contribution in [0.1, 0.15) is 90.4 Å². The van der Waals surface area contributed by atoms with Crippen LogP contribution in [0.15, 0.2) is 12.2 Å². The van der Waals surface area contributed by atoms with Gasteiger partial charge in [0, 0.05) is 14.2 Å². The number of allylic oxidation sites excluding steroid dienone is 1. The van der Waals surface area contributed by atoms with Crippen LogP contribution in [0.4, 0.5) is 0 Å². The Morgan fingerprint density at radius 3 is 1.80 bits per heavy atom. The van der Waals surface area contributed by atoms with E-state index in [-0.39, 0.29) is 12.4 Å². The van der Waals surface area contributed by atoms with Crippen LogP contribution in [0.5, 0.6) is 0 Å². The summed E-state index contributed by atoms with van der Waals surface area (Å²) in [4.78, 5) is 9.98. The topological polar surface area (TPSA) is 36.9 Å². The van der Waals surface area contributed by atoms with Gasteiger partial charge < -0.3 is 9.47 Å². The molecule has 1 unspecified atom stereocenters. The molecule has 0 amide bonds. The van der Waals surface area contributed by atoms with E-state index in [4.69, 9.17) is 19.2 Å². The Hall–Kier alpha value is -0.420. The molecular formula is C21H42O4. The largest absolute Gasteiger partial charge is 0.356 e. The molecule has 25 heavy (non-hydrogen) atoms. The van der Waals surface area contributed by atoms with Crippen molar-refractivity contribution in [1.82, 2.24) is 0 Å². The van der Waals surface area contributed by atoms with E-state index in [9.17, 15) is 0 Å². The SMILES string of the molecule is CCCC(C=CCCCCCCCCCCCC(OC)OC)OOC. The molecule has 0 aromatic rings. The molecule has 0 saturated heterocycles. The van der Waals surface area contributed by atoms with E-state index >= 15 is 0 Å². The van der Waals surface area contributed by atoms with E-state index in [1.807, 2.05) is 0 Å². The van der Waals surface area contributed by atoms with Crippen molar-refractivity contribution < 1.29 is 19.2 Å². The monoisotopic (exact) mass is 358 g/mol. The molecule has 0 aliphatic rings. The minimum absolute atomic E-state index is 0.0210. The van der Waals surface area contributed by atoms with Gasteiger partial charge in [-0.25, -0.2) is 9.78 Å². The highest BCUT2D eigenvalue weighted by atomic mass is 17.2. The predicted octanol–water partition coefficient (Wildman–Crippen LogP) is 6.20. The van der Waals surface area contributed by atoms with Crippen LogP contribution in [0, 0.1) is 0 Å². The van der Waals surface area contributed by atoms with Crippen molar-refractivity contribution in [3.63, 3.8) is 0 Å². The van der Waals surface area contributed by atoms with Crippen molar-refractivity contribution >= 4 is 0 Å². The van der Waals surface area contributed by atoms with Crippen LogP contribution in [0.3, 0.4) is 0 Å². The van der Waals surface area contributed by atoms with Gasteiger partial charge in [0.05, 0.1) is 7.11 Å². The van der Waals surface area contributed by atoms with Crippen molar-refractivity contribution in [2.45, 2.75) is 103 Å². The Balaban J connectivity index is 3.33. The molecule has 0 aromatic carbocycles. The average Bonchev–Trinajstić information content (AvgIpc) is 2.62. The quantitative estimate of drug-likeness (QED) is 0.0905. The van der Waals surface area contributed by atoms with Gasteiger partial charge in [-0.15, -0.1) is 0 Å². The van der Waals surface area contributed by atoms with Crippen LogP contribution in [-0.4, -0.2) is 33.7 Å². The molecule has 0 saturated carbocycles. The fraction of sp³-hybridized carbons (Fsp3) is 0.905. The Labute approximate surface area is 156 Å². The summed E-state index contributed by atoms with van der Waals surface area (Å²) in [5.74, 6) is 0. The fourth-order valence-corrected chi connectivity index (χ4v) is 2.98. The van der Waals surface area contributed by atoms with Crippen LogP contribution >= 0.6 is 0 Å². The van der Waals surface area contributed by atoms with Gasteiger partial charge in [-0.05, 0) is 32.1 Å². The highest BCUT2D eigenvalue weighted by molar-refractivity contribution is 4.88. The minimum atomic E-state index is -0.0210. The number of rotatable bonds is 19. The summed E-state index contributed by atoms with van der Waals surface area (Å²) in [7, 11) is 4.99. The molecule has 0 rings (SSSR count). The molecule has 0 aliphatic carbocycles. The minimum Gasteiger partial charge on any atom is -0.356 e.